The maximum absolute atomic E-state index is 14.1. The third-order valence-electron chi connectivity index (χ3n) is 6.01. The van der Waals surface area contributed by atoms with Crippen LogP contribution in [0.2, 0.25) is 0 Å². The van der Waals surface area contributed by atoms with E-state index in [-0.39, 0.29) is 23.3 Å². The van der Waals surface area contributed by atoms with E-state index in [1.54, 1.807) is 0 Å². The van der Waals surface area contributed by atoms with Crippen LogP contribution in [0.15, 0.2) is 18.2 Å². The molecule has 30 heavy (non-hydrogen) atoms. The molecule has 0 spiro atoms. The van der Waals surface area contributed by atoms with Crippen molar-refractivity contribution in [1.82, 2.24) is 19.7 Å². The van der Waals surface area contributed by atoms with Gasteiger partial charge in [-0.15, -0.1) is 0 Å². The lowest BCUT2D eigenvalue weighted by Crippen LogP contribution is -2.42. The highest BCUT2D eigenvalue weighted by atomic mass is 19.4. The average Bonchev–Trinajstić information content (AvgIpc) is 3.35. The molecule has 5 nitrogen and oxygen atoms in total. The Labute approximate surface area is 173 Å². The number of hydrogen-bond donors (Lipinski definition) is 0. The van der Waals surface area contributed by atoms with Crippen molar-refractivity contribution in [3.05, 3.63) is 35.4 Å². The van der Waals surface area contributed by atoms with E-state index in [0.29, 0.717) is 6.04 Å². The van der Waals surface area contributed by atoms with Gasteiger partial charge in [0.25, 0.3) is 0 Å². The number of benzene rings is 1. The van der Waals surface area contributed by atoms with Gasteiger partial charge in [0.05, 0.1) is 18.8 Å². The summed E-state index contributed by atoms with van der Waals surface area (Å²) in [5.41, 5.74) is -1.03. The van der Waals surface area contributed by atoms with Gasteiger partial charge in [0, 0.05) is 36.7 Å². The molecule has 1 saturated carbocycles. The predicted octanol–water partition coefficient (Wildman–Crippen LogP) is 4.65. The molecule has 2 aromatic rings. The van der Waals surface area contributed by atoms with Gasteiger partial charge in [-0.2, -0.15) is 18.3 Å². The summed E-state index contributed by atoms with van der Waals surface area (Å²) in [6.45, 7) is 7.36. The fourth-order valence-electron chi connectivity index (χ4n) is 4.47. The first-order valence-electron chi connectivity index (χ1n) is 10.4. The second kappa shape index (κ2) is 8.26. The Kier molecular flexibility index (Phi) is 5.85. The quantitative estimate of drug-likeness (QED) is 0.668. The first kappa shape index (κ1) is 21.2. The number of rotatable bonds is 4. The van der Waals surface area contributed by atoms with Gasteiger partial charge in [-0.25, -0.2) is 14.1 Å². The molecule has 1 aliphatic heterocycles. The highest BCUT2D eigenvalue weighted by Gasteiger charge is 2.36. The van der Waals surface area contributed by atoms with Crippen molar-refractivity contribution in [2.75, 3.05) is 26.3 Å². The fourth-order valence-corrected chi connectivity index (χ4v) is 4.47. The standard InChI is InChI=1S/C21H26F4N4O/c1-13(2)29-20(15-3-5-16(11-15)28-7-9-30-10-8-28)26-19(27-29)14-4-6-17(18(22)12-14)21(23,24)25/h4,6,12-13,15-16H,3,5,7-11H2,1-2H3/t15-,16+/m0/s1. The molecule has 1 aromatic heterocycles. The van der Waals surface area contributed by atoms with Crippen LogP contribution in [0.3, 0.4) is 0 Å². The SMILES string of the molecule is CC(C)n1nc(-c2ccc(C(F)(F)F)c(F)c2)nc1[C@H]1CC[C@@H](N2CCOCC2)C1. The molecule has 4 rings (SSSR count). The summed E-state index contributed by atoms with van der Waals surface area (Å²) in [6.07, 6.45) is -1.71. The molecule has 0 amide bonds. The lowest BCUT2D eigenvalue weighted by Gasteiger charge is -2.32. The second-order valence-corrected chi connectivity index (χ2v) is 8.34. The molecule has 2 fully saturated rings. The highest BCUT2D eigenvalue weighted by Crippen LogP contribution is 2.38. The Morgan fingerprint density at radius 1 is 1.13 bits per heavy atom. The molecule has 1 aliphatic carbocycles. The van der Waals surface area contributed by atoms with Crippen molar-refractivity contribution in [3.8, 4) is 11.4 Å². The number of hydrogen-bond acceptors (Lipinski definition) is 4. The first-order valence-corrected chi connectivity index (χ1v) is 10.4. The third kappa shape index (κ3) is 4.23. The zero-order chi connectivity index (χ0) is 21.5. The van der Waals surface area contributed by atoms with Gasteiger partial charge >= 0.3 is 6.18 Å². The van der Waals surface area contributed by atoms with E-state index in [0.717, 1.165) is 63.5 Å². The largest absolute Gasteiger partial charge is 0.419 e. The van der Waals surface area contributed by atoms with E-state index in [4.69, 9.17) is 4.74 Å². The van der Waals surface area contributed by atoms with Gasteiger partial charge in [0.2, 0.25) is 0 Å². The summed E-state index contributed by atoms with van der Waals surface area (Å²) >= 11 is 0. The van der Waals surface area contributed by atoms with Crippen LogP contribution in [0, 0.1) is 5.82 Å². The minimum atomic E-state index is -4.73. The van der Waals surface area contributed by atoms with E-state index in [2.05, 4.69) is 15.0 Å². The summed E-state index contributed by atoms with van der Waals surface area (Å²) < 4.78 is 59.9. The van der Waals surface area contributed by atoms with Gasteiger partial charge in [0.15, 0.2) is 5.82 Å². The first-order chi connectivity index (χ1) is 14.2. The third-order valence-corrected chi connectivity index (χ3v) is 6.01. The highest BCUT2D eigenvalue weighted by molar-refractivity contribution is 5.56. The molecule has 1 aromatic carbocycles. The van der Waals surface area contributed by atoms with Crippen LogP contribution in [0.25, 0.3) is 11.4 Å². The van der Waals surface area contributed by atoms with E-state index in [9.17, 15) is 17.6 Å². The molecular formula is C21H26F4N4O. The molecule has 2 heterocycles. The van der Waals surface area contributed by atoms with E-state index in [1.807, 2.05) is 18.5 Å². The maximum atomic E-state index is 14.1. The topological polar surface area (TPSA) is 43.2 Å². The zero-order valence-corrected chi connectivity index (χ0v) is 17.1. The normalized spacial score (nSPS) is 23.4. The number of aromatic nitrogens is 3. The number of morpholine rings is 1. The van der Waals surface area contributed by atoms with E-state index in [1.165, 1.54) is 6.07 Å². The molecule has 0 unspecified atom stereocenters. The Bertz CT molecular complexity index is 890. The van der Waals surface area contributed by atoms with Crippen LogP contribution in [0.4, 0.5) is 17.6 Å². The molecule has 1 saturated heterocycles. The van der Waals surface area contributed by atoms with Crippen LogP contribution >= 0.6 is 0 Å². The smallest absolute Gasteiger partial charge is 0.379 e. The molecule has 0 radical (unpaired) electrons. The minimum Gasteiger partial charge on any atom is -0.379 e. The van der Waals surface area contributed by atoms with Crippen molar-refractivity contribution in [3.63, 3.8) is 0 Å². The van der Waals surface area contributed by atoms with E-state index >= 15 is 0 Å². The van der Waals surface area contributed by atoms with Crippen molar-refractivity contribution in [2.45, 2.75) is 57.3 Å². The van der Waals surface area contributed by atoms with Crippen molar-refractivity contribution >= 4 is 0 Å². The van der Waals surface area contributed by atoms with E-state index < -0.39 is 17.6 Å². The van der Waals surface area contributed by atoms with Crippen LogP contribution in [-0.4, -0.2) is 52.0 Å². The molecule has 164 valence electrons. The molecule has 0 N–H and O–H groups in total. The lowest BCUT2D eigenvalue weighted by molar-refractivity contribution is -0.139. The summed E-state index contributed by atoms with van der Waals surface area (Å²) in [5.74, 6) is 0.00805. The van der Waals surface area contributed by atoms with Gasteiger partial charge in [0.1, 0.15) is 11.6 Å². The number of halogens is 4. The summed E-state index contributed by atoms with van der Waals surface area (Å²) in [5, 5.41) is 4.52. The Morgan fingerprint density at radius 2 is 1.87 bits per heavy atom. The summed E-state index contributed by atoms with van der Waals surface area (Å²) in [6, 6.07) is 3.38. The Balaban J connectivity index is 1.59. The number of nitrogens with zero attached hydrogens (tertiary/aromatic N) is 4. The van der Waals surface area contributed by atoms with Gasteiger partial charge in [-0.05, 0) is 45.2 Å². The molecular weight excluding hydrogens is 400 g/mol. The lowest BCUT2D eigenvalue weighted by atomic mass is 10.1. The second-order valence-electron chi connectivity index (χ2n) is 8.34. The van der Waals surface area contributed by atoms with Gasteiger partial charge < -0.3 is 4.74 Å². The minimum absolute atomic E-state index is 0.0444. The number of ether oxygens (including phenoxy) is 1. The van der Waals surface area contributed by atoms with Crippen LogP contribution in [0.1, 0.15) is 56.5 Å². The van der Waals surface area contributed by atoms with Gasteiger partial charge in [-0.1, -0.05) is 6.07 Å². The Morgan fingerprint density at radius 3 is 2.50 bits per heavy atom. The van der Waals surface area contributed by atoms with Crippen molar-refractivity contribution < 1.29 is 22.3 Å². The molecule has 0 bridgehead atoms. The summed E-state index contributed by atoms with van der Waals surface area (Å²) in [4.78, 5) is 7.12. The maximum Gasteiger partial charge on any atom is 0.419 e. The fraction of sp³-hybridized carbons (Fsp3) is 0.619. The molecule has 9 heteroatoms. The van der Waals surface area contributed by atoms with Crippen LogP contribution in [0.5, 0.6) is 0 Å². The van der Waals surface area contributed by atoms with Gasteiger partial charge in [-0.3, -0.25) is 4.90 Å². The molecule has 2 atom stereocenters. The molecule has 2 aliphatic rings. The van der Waals surface area contributed by atoms with Crippen LogP contribution < -0.4 is 0 Å². The van der Waals surface area contributed by atoms with Crippen LogP contribution in [-0.2, 0) is 10.9 Å². The zero-order valence-electron chi connectivity index (χ0n) is 17.1. The average molecular weight is 426 g/mol. The van der Waals surface area contributed by atoms with Crippen molar-refractivity contribution in [2.24, 2.45) is 0 Å². The van der Waals surface area contributed by atoms with Crippen molar-refractivity contribution in [1.29, 1.82) is 0 Å². The monoisotopic (exact) mass is 426 g/mol. The predicted molar refractivity (Wildman–Crippen MR) is 104 cm³/mol. The number of alkyl halides is 3. The summed E-state index contributed by atoms with van der Waals surface area (Å²) in [7, 11) is 0. The Hall–Kier alpha value is -2.00.